The second-order valence-electron chi connectivity index (χ2n) is 2.38. The molecule has 0 aliphatic heterocycles. The van der Waals surface area contributed by atoms with Crippen molar-refractivity contribution < 1.29 is 8.42 Å². The Morgan fingerprint density at radius 3 is 2.30 bits per heavy atom. The van der Waals surface area contributed by atoms with Crippen LogP contribution in [0.1, 0.15) is 19.8 Å². The van der Waals surface area contributed by atoms with E-state index >= 15 is 0 Å². The van der Waals surface area contributed by atoms with Crippen molar-refractivity contribution in [2.24, 2.45) is 10.9 Å². The average Bonchev–Trinajstić information content (AvgIpc) is 1.59. The molecule has 0 saturated heterocycles. The lowest BCUT2D eigenvalue weighted by Crippen LogP contribution is -2.32. The summed E-state index contributed by atoms with van der Waals surface area (Å²) in [5.41, 5.74) is 5.41. The van der Waals surface area contributed by atoms with E-state index in [-0.39, 0.29) is 11.8 Å². The first-order valence-electron chi connectivity index (χ1n) is 3.21. The minimum absolute atomic E-state index is 0.110. The molecule has 0 aliphatic carbocycles. The summed E-state index contributed by atoms with van der Waals surface area (Å²) in [6.07, 6.45) is 1.59. The van der Waals surface area contributed by atoms with Gasteiger partial charge in [-0.2, -0.15) is 0 Å². The predicted octanol–water partition coefficient (Wildman–Crippen LogP) is -0.598. The van der Waals surface area contributed by atoms with Crippen molar-refractivity contribution >= 4 is 10.0 Å². The van der Waals surface area contributed by atoms with Gasteiger partial charge in [-0.3, -0.25) is 0 Å². The van der Waals surface area contributed by atoms with Crippen LogP contribution < -0.4 is 10.9 Å². The molecule has 0 aliphatic rings. The SMILES string of the molecule is CCCC(N)CS(N)(=O)=O. The predicted molar refractivity (Wildman–Crippen MR) is 40.9 cm³/mol. The third-order valence-electron chi connectivity index (χ3n) is 1.11. The average molecular weight is 166 g/mol. The maximum Gasteiger partial charge on any atom is 0.210 e. The van der Waals surface area contributed by atoms with Crippen molar-refractivity contribution in [2.75, 3.05) is 5.75 Å². The number of rotatable bonds is 4. The number of sulfonamides is 1. The van der Waals surface area contributed by atoms with Crippen molar-refractivity contribution in [3.8, 4) is 0 Å². The molecular weight excluding hydrogens is 152 g/mol. The molecule has 0 spiro atoms. The lowest BCUT2D eigenvalue weighted by Gasteiger charge is -2.06. The molecule has 10 heavy (non-hydrogen) atoms. The van der Waals surface area contributed by atoms with E-state index in [0.29, 0.717) is 6.42 Å². The molecule has 0 aromatic carbocycles. The van der Waals surface area contributed by atoms with E-state index < -0.39 is 10.0 Å². The first kappa shape index (κ1) is 9.87. The van der Waals surface area contributed by atoms with Gasteiger partial charge in [-0.05, 0) is 6.42 Å². The molecule has 4 nitrogen and oxygen atoms in total. The molecule has 0 rings (SSSR count). The van der Waals surface area contributed by atoms with Crippen LogP contribution in [0.3, 0.4) is 0 Å². The van der Waals surface area contributed by atoms with Crippen molar-refractivity contribution in [3.63, 3.8) is 0 Å². The van der Waals surface area contributed by atoms with Crippen LogP contribution in [0.2, 0.25) is 0 Å². The summed E-state index contributed by atoms with van der Waals surface area (Å²) in [5.74, 6) is -0.110. The zero-order chi connectivity index (χ0) is 8.20. The molecule has 0 aromatic heterocycles. The van der Waals surface area contributed by atoms with E-state index in [4.69, 9.17) is 10.9 Å². The Labute approximate surface area is 61.6 Å². The molecule has 0 amide bonds. The van der Waals surface area contributed by atoms with Gasteiger partial charge in [0, 0.05) is 6.04 Å². The summed E-state index contributed by atoms with van der Waals surface area (Å²) in [7, 11) is -3.37. The van der Waals surface area contributed by atoms with Gasteiger partial charge in [0.1, 0.15) is 0 Å². The van der Waals surface area contributed by atoms with Crippen LogP contribution >= 0.6 is 0 Å². The highest BCUT2D eigenvalue weighted by molar-refractivity contribution is 7.89. The van der Waals surface area contributed by atoms with Gasteiger partial charge in [-0.1, -0.05) is 13.3 Å². The molecule has 62 valence electrons. The zero-order valence-electron chi connectivity index (χ0n) is 6.08. The quantitative estimate of drug-likeness (QED) is 0.585. The lowest BCUT2D eigenvalue weighted by molar-refractivity contribution is 0.578. The van der Waals surface area contributed by atoms with Crippen LogP contribution in [0, 0.1) is 0 Å². The summed E-state index contributed by atoms with van der Waals surface area (Å²) in [4.78, 5) is 0. The molecule has 0 saturated carbocycles. The van der Waals surface area contributed by atoms with E-state index in [1.807, 2.05) is 6.92 Å². The summed E-state index contributed by atoms with van der Waals surface area (Å²) in [6.45, 7) is 1.95. The number of hydrogen-bond acceptors (Lipinski definition) is 3. The molecular formula is C5H14N2O2S. The Hall–Kier alpha value is -0.130. The highest BCUT2D eigenvalue weighted by atomic mass is 32.2. The van der Waals surface area contributed by atoms with Crippen molar-refractivity contribution in [3.05, 3.63) is 0 Å². The first-order chi connectivity index (χ1) is 4.45. The Morgan fingerprint density at radius 2 is 2.00 bits per heavy atom. The van der Waals surface area contributed by atoms with E-state index in [9.17, 15) is 8.42 Å². The van der Waals surface area contributed by atoms with Crippen molar-refractivity contribution in [1.29, 1.82) is 0 Å². The van der Waals surface area contributed by atoms with E-state index in [1.165, 1.54) is 0 Å². The number of primary sulfonamides is 1. The molecule has 0 fully saturated rings. The van der Waals surface area contributed by atoms with Gasteiger partial charge in [0.15, 0.2) is 0 Å². The Morgan fingerprint density at radius 1 is 1.50 bits per heavy atom. The van der Waals surface area contributed by atoms with Crippen molar-refractivity contribution in [2.45, 2.75) is 25.8 Å². The highest BCUT2D eigenvalue weighted by Gasteiger charge is 2.09. The topological polar surface area (TPSA) is 86.2 Å². The van der Waals surface area contributed by atoms with Crippen LogP contribution in [0.15, 0.2) is 0 Å². The summed E-state index contributed by atoms with van der Waals surface area (Å²) in [5, 5.41) is 4.76. The Kier molecular flexibility index (Phi) is 3.85. The highest BCUT2D eigenvalue weighted by Crippen LogP contribution is 1.94. The molecule has 0 heterocycles. The third-order valence-corrected chi connectivity index (χ3v) is 2.00. The van der Waals surface area contributed by atoms with Crippen LogP contribution in [-0.4, -0.2) is 20.2 Å². The molecule has 1 unspecified atom stereocenters. The van der Waals surface area contributed by atoms with Crippen LogP contribution in [0.5, 0.6) is 0 Å². The molecule has 0 aromatic rings. The normalized spacial score (nSPS) is 15.1. The molecule has 0 bridgehead atoms. The maximum atomic E-state index is 10.4. The zero-order valence-corrected chi connectivity index (χ0v) is 6.89. The molecule has 4 N–H and O–H groups in total. The van der Waals surface area contributed by atoms with E-state index in [1.54, 1.807) is 0 Å². The third kappa shape index (κ3) is 6.00. The second kappa shape index (κ2) is 3.90. The fourth-order valence-corrected chi connectivity index (χ4v) is 1.52. The van der Waals surface area contributed by atoms with Gasteiger partial charge in [0.2, 0.25) is 10.0 Å². The van der Waals surface area contributed by atoms with Gasteiger partial charge in [0.25, 0.3) is 0 Å². The monoisotopic (exact) mass is 166 g/mol. The molecule has 0 radical (unpaired) electrons. The fourth-order valence-electron chi connectivity index (χ4n) is 0.753. The van der Waals surface area contributed by atoms with E-state index in [0.717, 1.165) is 6.42 Å². The maximum absolute atomic E-state index is 10.4. The van der Waals surface area contributed by atoms with Crippen LogP contribution in [0.4, 0.5) is 0 Å². The molecule has 5 heteroatoms. The van der Waals surface area contributed by atoms with Gasteiger partial charge in [-0.15, -0.1) is 0 Å². The lowest BCUT2D eigenvalue weighted by atomic mass is 10.2. The van der Waals surface area contributed by atoms with Gasteiger partial charge >= 0.3 is 0 Å². The molecule has 1 atom stereocenters. The minimum atomic E-state index is -3.37. The first-order valence-corrected chi connectivity index (χ1v) is 4.93. The van der Waals surface area contributed by atoms with Crippen LogP contribution in [0.25, 0.3) is 0 Å². The van der Waals surface area contributed by atoms with Crippen LogP contribution in [-0.2, 0) is 10.0 Å². The van der Waals surface area contributed by atoms with E-state index in [2.05, 4.69) is 0 Å². The summed E-state index contributed by atoms with van der Waals surface area (Å²) >= 11 is 0. The largest absolute Gasteiger partial charge is 0.327 e. The standard InChI is InChI=1S/C5H14N2O2S/c1-2-3-5(6)4-10(7,8)9/h5H,2-4,6H2,1H3,(H2,7,8,9). The fraction of sp³-hybridized carbons (Fsp3) is 1.00. The smallest absolute Gasteiger partial charge is 0.210 e. The number of hydrogen-bond donors (Lipinski definition) is 2. The van der Waals surface area contributed by atoms with Gasteiger partial charge < -0.3 is 5.73 Å². The van der Waals surface area contributed by atoms with Crippen molar-refractivity contribution in [1.82, 2.24) is 0 Å². The Balaban J connectivity index is 3.69. The van der Waals surface area contributed by atoms with Gasteiger partial charge in [-0.25, -0.2) is 13.6 Å². The second-order valence-corrected chi connectivity index (χ2v) is 4.04. The Bertz CT molecular complexity index is 176. The summed E-state index contributed by atoms with van der Waals surface area (Å²) < 4.78 is 20.8. The summed E-state index contributed by atoms with van der Waals surface area (Å²) in [6, 6.07) is -0.306. The minimum Gasteiger partial charge on any atom is -0.327 e. The number of nitrogens with two attached hydrogens (primary N) is 2. The van der Waals surface area contributed by atoms with Gasteiger partial charge in [0.05, 0.1) is 5.75 Å².